The predicted octanol–water partition coefficient (Wildman–Crippen LogP) is 0.387. The molecule has 0 atom stereocenters. The van der Waals surface area contributed by atoms with Crippen LogP contribution >= 0.6 is 24.4 Å². The first kappa shape index (κ1) is 16.6. The largest absolute Gasteiger partial charge is 1.00 e. The summed E-state index contributed by atoms with van der Waals surface area (Å²) in [6.45, 7) is 2.21. The first-order valence-corrected chi connectivity index (χ1v) is 7.24. The van der Waals surface area contributed by atoms with Crippen molar-refractivity contribution in [2.24, 2.45) is 0 Å². The van der Waals surface area contributed by atoms with Gasteiger partial charge in [0.25, 0.3) is 0 Å². The fourth-order valence-corrected chi connectivity index (χ4v) is 3.00. The van der Waals surface area contributed by atoms with Crippen molar-refractivity contribution in [3.63, 3.8) is 0 Å². The SMILES string of the molecule is S=c1[nH][nH]c(=S)n1-c1cc[c-]c(N2CCCCC2)c1.[K+]. The molecule has 20 heavy (non-hydrogen) atoms. The molecule has 0 unspecified atom stereocenters. The number of nitrogens with one attached hydrogen (secondary N) is 2. The van der Waals surface area contributed by atoms with Crippen LogP contribution in [0.15, 0.2) is 18.2 Å². The molecule has 2 heterocycles. The topological polar surface area (TPSA) is 39.8 Å². The number of rotatable bonds is 2. The van der Waals surface area contributed by atoms with E-state index in [-0.39, 0.29) is 51.4 Å². The molecule has 0 saturated carbocycles. The molecule has 0 amide bonds. The summed E-state index contributed by atoms with van der Waals surface area (Å²) in [4.78, 5) is 2.37. The standard InChI is InChI=1S/C13H15N4S2.K/c18-12-14-15-13(19)17(12)11-6-4-5-10(9-11)16-7-2-1-3-8-16;/h4,6,9H,1-3,7-8H2,(H,14,18)(H,15,19);/q-1;+1. The number of benzene rings is 1. The van der Waals surface area contributed by atoms with E-state index in [1.165, 1.54) is 19.3 Å². The van der Waals surface area contributed by atoms with Crippen molar-refractivity contribution in [1.82, 2.24) is 14.8 Å². The Morgan fingerprint density at radius 3 is 2.35 bits per heavy atom. The van der Waals surface area contributed by atoms with Gasteiger partial charge >= 0.3 is 51.4 Å². The van der Waals surface area contributed by atoms with Crippen molar-refractivity contribution in [1.29, 1.82) is 0 Å². The monoisotopic (exact) mass is 330 g/mol. The van der Waals surface area contributed by atoms with Crippen molar-refractivity contribution >= 4 is 30.1 Å². The van der Waals surface area contributed by atoms with Crippen molar-refractivity contribution in [2.75, 3.05) is 18.0 Å². The van der Waals surface area contributed by atoms with E-state index in [1.807, 2.05) is 16.7 Å². The first-order valence-electron chi connectivity index (χ1n) is 6.42. The van der Waals surface area contributed by atoms with Crippen LogP contribution in [-0.2, 0) is 0 Å². The fraction of sp³-hybridized carbons (Fsp3) is 0.385. The van der Waals surface area contributed by atoms with Gasteiger partial charge in [-0.25, -0.2) is 0 Å². The van der Waals surface area contributed by atoms with Crippen LogP contribution in [0.4, 0.5) is 5.69 Å². The number of piperidine rings is 1. The smallest absolute Gasteiger partial charge is 0.394 e. The minimum absolute atomic E-state index is 0. The second kappa shape index (κ2) is 7.48. The minimum atomic E-state index is 0. The van der Waals surface area contributed by atoms with Crippen LogP contribution in [0.5, 0.6) is 0 Å². The van der Waals surface area contributed by atoms with E-state index in [0.717, 1.165) is 24.5 Å². The van der Waals surface area contributed by atoms with Crippen molar-refractivity contribution in [3.8, 4) is 5.69 Å². The predicted molar refractivity (Wildman–Crippen MR) is 81.0 cm³/mol. The minimum Gasteiger partial charge on any atom is -0.394 e. The maximum absolute atomic E-state index is 5.24. The van der Waals surface area contributed by atoms with Gasteiger partial charge in [0.2, 0.25) is 0 Å². The summed E-state index contributed by atoms with van der Waals surface area (Å²) in [6.07, 6.45) is 3.83. The van der Waals surface area contributed by atoms with Crippen molar-refractivity contribution < 1.29 is 51.4 Å². The van der Waals surface area contributed by atoms with Crippen LogP contribution in [0.2, 0.25) is 0 Å². The molecule has 1 fully saturated rings. The van der Waals surface area contributed by atoms with Crippen molar-refractivity contribution in [2.45, 2.75) is 19.3 Å². The molecule has 100 valence electrons. The first-order chi connectivity index (χ1) is 9.25. The van der Waals surface area contributed by atoms with Gasteiger partial charge in [-0.15, -0.1) is 12.1 Å². The molecule has 7 heteroatoms. The zero-order chi connectivity index (χ0) is 13.2. The number of aromatic amines is 2. The molecule has 1 aliphatic rings. The summed E-state index contributed by atoms with van der Waals surface area (Å²) < 4.78 is 2.99. The maximum Gasteiger partial charge on any atom is 1.00 e. The molecule has 4 nitrogen and oxygen atoms in total. The summed E-state index contributed by atoms with van der Waals surface area (Å²) in [7, 11) is 0. The van der Waals surface area contributed by atoms with Gasteiger partial charge in [-0.2, -0.15) is 12.1 Å². The quantitative estimate of drug-likeness (QED) is 0.475. The molecule has 0 spiro atoms. The number of aromatic nitrogens is 3. The van der Waals surface area contributed by atoms with Gasteiger partial charge in [-0.1, -0.05) is 11.4 Å². The van der Waals surface area contributed by atoms with Crippen LogP contribution in [0.3, 0.4) is 0 Å². The Balaban J connectivity index is 0.00000147. The van der Waals surface area contributed by atoms with Gasteiger partial charge in [0, 0.05) is 13.1 Å². The molecule has 2 aromatic rings. The molecule has 2 N–H and O–H groups in total. The Labute approximate surface area is 171 Å². The number of hydrogen-bond donors (Lipinski definition) is 2. The summed E-state index contributed by atoms with van der Waals surface area (Å²) in [5, 5.41) is 5.72. The third-order valence-electron chi connectivity index (χ3n) is 3.41. The molecule has 1 aliphatic heterocycles. The van der Waals surface area contributed by atoms with E-state index in [2.05, 4.69) is 27.2 Å². The van der Waals surface area contributed by atoms with Crippen LogP contribution in [0.25, 0.3) is 5.69 Å². The molecule has 0 radical (unpaired) electrons. The maximum atomic E-state index is 5.24. The fourth-order valence-electron chi connectivity index (χ4n) is 2.44. The van der Waals surface area contributed by atoms with Crippen LogP contribution in [-0.4, -0.2) is 27.9 Å². The van der Waals surface area contributed by atoms with Crippen LogP contribution < -0.4 is 56.3 Å². The molecule has 1 saturated heterocycles. The molecule has 0 aliphatic carbocycles. The van der Waals surface area contributed by atoms with Gasteiger partial charge in [-0.3, -0.25) is 14.8 Å². The second-order valence-electron chi connectivity index (χ2n) is 4.68. The van der Waals surface area contributed by atoms with Crippen LogP contribution in [0.1, 0.15) is 19.3 Å². The molecular formula is C13H15KN4S2. The van der Waals surface area contributed by atoms with E-state index in [0.29, 0.717) is 9.54 Å². The Hall–Kier alpha value is 0.236. The van der Waals surface area contributed by atoms with Gasteiger partial charge in [0.1, 0.15) is 0 Å². The molecule has 1 aromatic carbocycles. The summed E-state index contributed by atoms with van der Waals surface area (Å²) in [5.41, 5.74) is 2.10. The Bertz CT molecular complexity index is 654. The van der Waals surface area contributed by atoms with Gasteiger partial charge in [0.15, 0.2) is 9.54 Å². The number of H-pyrrole nitrogens is 2. The Kier molecular flexibility index (Phi) is 6.21. The van der Waals surface area contributed by atoms with Gasteiger partial charge in [-0.05, 0) is 43.7 Å². The number of nitrogens with zero attached hydrogens (tertiary/aromatic N) is 2. The average Bonchev–Trinajstić information content (AvgIpc) is 2.79. The summed E-state index contributed by atoms with van der Waals surface area (Å²) >= 11 is 10.5. The van der Waals surface area contributed by atoms with E-state index < -0.39 is 0 Å². The number of hydrogen-bond acceptors (Lipinski definition) is 3. The third-order valence-corrected chi connectivity index (χ3v) is 3.98. The zero-order valence-electron chi connectivity index (χ0n) is 11.5. The molecular weight excluding hydrogens is 315 g/mol. The van der Waals surface area contributed by atoms with E-state index in [1.54, 1.807) is 0 Å². The molecule has 0 bridgehead atoms. The van der Waals surface area contributed by atoms with E-state index in [9.17, 15) is 0 Å². The van der Waals surface area contributed by atoms with Gasteiger partial charge in [0.05, 0.1) is 0 Å². The van der Waals surface area contributed by atoms with E-state index >= 15 is 0 Å². The van der Waals surface area contributed by atoms with Crippen molar-refractivity contribution in [3.05, 3.63) is 33.8 Å². The summed E-state index contributed by atoms with van der Waals surface area (Å²) in [5.74, 6) is 0. The average molecular weight is 331 g/mol. The third kappa shape index (κ3) is 3.52. The molecule has 3 rings (SSSR count). The Morgan fingerprint density at radius 2 is 1.70 bits per heavy atom. The second-order valence-corrected chi connectivity index (χ2v) is 5.45. The Morgan fingerprint density at radius 1 is 1.05 bits per heavy atom. The van der Waals surface area contributed by atoms with E-state index in [4.69, 9.17) is 24.4 Å². The molecule has 1 aromatic heterocycles. The summed E-state index contributed by atoms with van der Waals surface area (Å²) in [6, 6.07) is 9.31. The number of anilines is 1. The normalized spacial score (nSPS) is 14.9. The van der Waals surface area contributed by atoms with Gasteiger partial charge < -0.3 is 4.90 Å². The van der Waals surface area contributed by atoms with Crippen LogP contribution in [0, 0.1) is 15.6 Å². The zero-order valence-corrected chi connectivity index (χ0v) is 16.2.